The van der Waals surface area contributed by atoms with Crippen molar-refractivity contribution in [1.29, 1.82) is 5.41 Å². The van der Waals surface area contributed by atoms with E-state index < -0.39 is 17.9 Å². The molecule has 3 N–H and O–H groups in total. The van der Waals surface area contributed by atoms with Crippen LogP contribution in [0.15, 0.2) is 0 Å². The standard InChI is InChI=1S/C7H13F3N2OS/c1-13-2-3-14-4-5(6(11)12)7(8,9)10/h5H,2-4H2,1H3,(H3,11,12). The average molecular weight is 230 g/mol. The van der Waals surface area contributed by atoms with Gasteiger partial charge in [-0.25, -0.2) is 0 Å². The highest BCUT2D eigenvalue weighted by Crippen LogP contribution is 2.28. The summed E-state index contributed by atoms with van der Waals surface area (Å²) >= 11 is 1.08. The molecule has 7 heteroatoms. The lowest BCUT2D eigenvalue weighted by atomic mass is 10.1. The highest BCUT2D eigenvalue weighted by Gasteiger charge is 2.41. The van der Waals surface area contributed by atoms with E-state index >= 15 is 0 Å². The number of ether oxygens (including phenoxy) is 1. The number of amidine groups is 1. The van der Waals surface area contributed by atoms with Crippen LogP contribution in [0.3, 0.4) is 0 Å². The molecule has 0 bridgehead atoms. The third kappa shape index (κ3) is 5.33. The van der Waals surface area contributed by atoms with Crippen molar-refractivity contribution in [3.8, 4) is 0 Å². The second-order valence-corrected chi connectivity index (χ2v) is 3.77. The smallest absolute Gasteiger partial charge is 0.387 e. The Balaban J connectivity index is 3.94. The molecular weight excluding hydrogens is 217 g/mol. The van der Waals surface area contributed by atoms with Crippen LogP contribution in [0.1, 0.15) is 0 Å². The molecule has 0 aromatic rings. The van der Waals surface area contributed by atoms with E-state index in [2.05, 4.69) is 4.74 Å². The fourth-order valence-electron chi connectivity index (χ4n) is 0.704. The van der Waals surface area contributed by atoms with Crippen LogP contribution >= 0.6 is 11.8 Å². The van der Waals surface area contributed by atoms with E-state index in [-0.39, 0.29) is 5.75 Å². The lowest BCUT2D eigenvalue weighted by molar-refractivity contribution is -0.150. The van der Waals surface area contributed by atoms with Gasteiger partial charge in [0.2, 0.25) is 0 Å². The summed E-state index contributed by atoms with van der Waals surface area (Å²) in [6, 6.07) is 0. The molecule has 0 aliphatic carbocycles. The minimum absolute atomic E-state index is 0.220. The number of nitrogens with one attached hydrogen (secondary N) is 1. The Morgan fingerprint density at radius 1 is 1.57 bits per heavy atom. The summed E-state index contributed by atoms with van der Waals surface area (Å²) in [4.78, 5) is 0. The first-order valence-corrected chi connectivity index (χ1v) is 5.02. The molecule has 0 saturated carbocycles. The molecule has 84 valence electrons. The molecule has 1 atom stereocenters. The van der Waals surface area contributed by atoms with Gasteiger partial charge in [0, 0.05) is 18.6 Å². The number of nitrogens with two attached hydrogens (primary N) is 1. The Morgan fingerprint density at radius 3 is 2.50 bits per heavy atom. The summed E-state index contributed by atoms with van der Waals surface area (Å²) in [5.41, 5.74) is 4.86. The van der Waals surface area contributed by atoms with Crippen molar-refractivity contribution < 1.29 is 17.9 Å². The quantitative estimate of drug-likeness (QED) is 0.413. The van der Waals surface area contributed by atoms with Gasteiger partial charge in [-0.05, 0) is 0 Å². The van der Waals surface area contributed by atoms with E-state index in [9.17, 15) is 13.2 Å². The normalized spacial score (nSPS) is 14.0. The fraction of sp³-hybridized carbons (Fsp3) is 0.857. The molecule has 0 saturated heterocycles. The van der Waals surface area contributed by atoms with Gasteiger partial charge in [0.05, 0.1) is 6.61 Å². The second-order valence-electron chi connectivity index (χ2n) is 2.62. The van der Waals surface area contributed by atoms with E-state index in [1.807, 2.05) is 0 Å². The molecule has 0 radical (unpaired) electrons. The minimum atomic E-state index is -4.42. The predicted molar refractivity (Wildman–Crippen MR) is 50.7 cm³/mol. The Morgan fingerprint density at radius 2 is 2.14 bits per heavy atom. The van der Waals surface area contributed by atoms with E-state index in [1.165, 1.54) is 7.11 Å². The van der Waals surface area contributed by atoms with Gasteiger partial charge in [0.1, 0.15) is 11.8 Å². The van der Waals surface area contributed by atoms with Gasteiger partial charge >= 0.3 is 6.18 Å². The number of halogens is 3. The van der Waals surface area contributed by atoms with Crippen molar-refractivity contribution in [3.05, 3.63) is 0 Å². The molecule has 0 aliphatic rings. The Hall–Kier alpha value is -0.430. The van der Waals surface area contributed by atoms with Crippen molar-refractivity contribution in [1.82, 2.24) is 0 Å². The molecule has 0 aromatic heterocycles. The van der Waals surface area contributed by atoms with Crippen LogP contribution in [0.2, 0.25) is 0 Å². The Bertz CT molecular complexity index is 186. The number of thioether (sulfide) groups is 1. The molecule has 0 rings (SSSR count). The third-order valence-electron chi connectivity index (χ3n) is 1.49. The van der Waals surface area contributed by atoms with Gasteiger partial charge in [-0.15, -0.1) is 0 Å². The largest absolute Gasteiger partial charge is 0.399 e. The van der Waals surface area contributed by atoms with Crippen molar-refractivity contribution in [2.75, 3.05) is 25.2 Å². The average Bonchev–Trinajstić information content (AvgIpc) is 2.01. The molecule has 0 aromatic carbocycles. The zero-order chi connectivity index (χ0) is 11.2. The van der Waals surface area contributed by atoms with Crippen LogP contribution in [0.5, 0.6) is 0 Å². The van der Waals surface area contributed by atoms with Gasteiger partial charge in [-0.2, -0.15) is 24.9 Å². The Labute approximate surface area is 84.7 Å². The SMILES string of the molecule is COCCSCC(C(=N)N)C(F)(F)F. The van der Waals surface area contributed by atoms with Gasteiger partial charge in [0.25, 0.3) is 0 Å². The molecule has 0 heterocycles. The first-order valence-electron chi connectivity index (χ1n) is 3.87. The topological polar surface area (TPSA) is 59.1 Å². The van der Waals surface area contributed by atoms with E-state index in [1.54, 1.807) is 0 Å². The molecule has 1 unspecified atom stereocenters. The van der Waals surface area contributed by atoms with Crippen LogP contribution in [0, 0.1) is 11.3 Å². The van der Waals surface area contributed by atoms with Crippen LogP contribution in [0.25, 0.3) is 0 Å². The second kappa shape index (κ2) is 6.13. The highest BCUT2D eigenvalue weighted by atomic mass is 32.2. The zero-order valence-electron chi connectivity index (χ0n) is 7.73. The van der Waals surface area contributed by atoms with Gasteiger partial charge in [-0.1, -0.05) is 0 Å². The monoisotopic (exact) mass is 230 g/mol. The molecule has 3 nitrogen and oxygen atoms in total. The summed E-state index contributed by atoms with van der Waals surface area (Å²) in [6.07, 6.45) is -4.42. The molecule has 14 heavy (non-hydrogen) atoms. The predicted octanol–water partition coefficient (Wildman–Crippen LogP) is 1.48. The third-order valence-corrected chi connectivity index (χ3v) is 2.51. The highest BCUT2D eigenvalue weighted by molar-refractivity contribution is 7.99. The zero-order valence-corrected chi connectivity index (χ0v) is 8.54. The Kier molecular flexibility index (Phi) is 5.94. The molecule has 0 spiro atoms. The summed E-state index contributed by atoms with van der Waals surface area (Å²) < 4.78 is 41.3. The van der Waals surface area contributed by atoms with Crippen molar-refractivity contribution >= 4 is 17.6 Å². The van der Waals surface area contributed by atoms with Crippen LogP contribution in [-0.4, -0.2) is 37.2 Å². The van der Waals surface area contributed by atoms with E-state index in [4.69, 9.17) is 11.1 Å². The maximum Gasteiger partial charge on any atom is 0.399 e. The maximum atomic E-state index is 12.2. The van der Waals surface area contributed by atoms with E-state index in [0.29, 0.717) is 12.4 Å². The van der Waals surface area contributed by atoms with Crippen molar-refractivity contribution in [3.63, 3.8) is 0 Å². The van der Waals surface area contributed by atoms with E-state index in [0.717, 1.165) is 11.8 Å². The minimum Gasteiger partial charge on any atom is -0.387 e. The lowest BCUT2D eigenvalue weighted by Gasteiger charge is -2.18. The van der Waals surface area contributed by atoms with Crippen molar-refractivity contribution in [2.45, 2.75) is 6.18 Å². The first-order chi connectivity index (χ1) is 6.39. The van der Waals surface area contributed by atoms with Gasteiger partial charge < -0.3 is 10.5 Å². The summed E-state index contributed by atoms with van der Waals surface area (Å²) in [6.45, 7) is 0.396. The molecule has 0 amide bonds. The molecule has 0 aliphatic heterocycles. The number of rotatable bonds is 6. The van der Waals surface area contributed by atoms with Gasteiger partial charge in [-0.3, -0.25) is 5.41 Å². The first kappa shape index (κ1) is 13.6. The maximum absolute atomic E-state index is 12.2. The number of alkyl halides is 3. The lowest BCUT2D eigenvalue weighted by Crippen LogP contribution is -2.37. The number of methoxy groups -OCH3 is 1. The van der Waals surface area contributed by atoms with Crippen molar-refractivity contribution in [2.24, 2.45) is 11.7 Å². The molecule has 0 fully saturated rings. The van der Waals surface area contributed by atoms with Crippen LogP contribution in [-0.2, 0) is 4.74 Å². The summed E-state index contributed by atoms with van der Waals surface area (Å²) in [7, 11) is 1.48. The van der Waals surface area contributed by atoms with Gasteiger partial charge in [0.15, 0.2) is 0 Å². The summed E-state index contributed by atoms with van der Waals surface area (Å²) in [5.74, 6) is -2.43. The molecular formula is C7H13F3N2OS. The number of hydrogen-bond donors (Lipinski definition) is 2. The number of hydrogen-bond acceptors (Lipinski definition) is 3. The fourth-order valence-corrected chi connectivity index (χ4v) is 1.76. The van der Waals surface area contributed by atoms with Crippen LogP contribution in [0.4, 0.5) is 13.2 Å². The van der Waals surface area contributed by atoms with Crippen LogP contribution < -0.4 is 5.73 Å². The summed E-state index contributed by atoms with van der Waals surface area (Å²) in [5, 5.41) is 6.80.